The zero-order valence-electron chi connectivity index (χ0n) is 6.65. The third kappa shape index (κ3) is 1.25. The zero-order chi connectivity index (χ0) is 8.39. The van der Waals surface area contributed by atoms with Crippen LogP contribution in [0, 0.1) is 0 Å². The molecule has 0 aliphatic rings. The van der Waals surface area contributed by atoms with Crippen LogP contribution in [-0.4, -0.2) is 10.1 Å². The third-order valence-electron chi connectivity index (χ3n) is 1.55. The molecule has 2 aromatic rings. The maximum absolute atomic E-state index is 5.05. The largest absolute Gasteiger partial charge is 0.334 e. The van der Waals surface area contributed by atoms with Crippen LogP contribution in [0.15, 0.2) is 21.3 Å². The Balaban J connectivity index is 2.35. The van der Waals surface area contributed by atoms with Crippen molar-refractivity contribution in [1.82, 2.24) is 10.1 Å². The van der Waals surface area contributed by atoms with E-state index in [4.69, 9.17) is 4.52 Å². The SMILES string of the molecule is CCc1noc(-c2ccsc2)n1. The van der Waals surface area contributed by atoms with Crippen molar-refractivity contribution < 1.29 is 4.52 Å². The molecule has 4 heteroatoms. The molecule has 3 nitrogen and oxygen atoms in total. The first kappa shape index (κ1) is 7.49. The Kier molecular flexibility index (Phi) is 1.91. The minimum Gasteiger partial charge on any atom is -0.334 e. The van der Waals surface area contributed by atoms with E-state index < -0.39 is 0 Å². The number of aromatic nitrogens is 2. The summed E-state index contributed by atoms with van der Waals surface area (Å²) >= 11 is 1.62. The Morgan fingerprint density at radius 2 is 2.50 bits per heavy atom. The first-order valence-corrected chi connectivity index (χ1v) is 4.69. The number of thiophene rings is 1. The molecule has 0 fully saturated rings. The van der Waals surface area contributed by atoms with Gasteiger partial charge in [-0.05, 0) is 11.4 Å². The third-order valence-corrected chi connectivity index (χ3v) is 2.24. The molecular formula is C8H8N2OS. The van der Waals surface area contributed by atoms with Crippen LogP contribution in [0.25, 0.3) is 11.5 Å². The summed E-state index contributed by atoms with van der Waals surface area (Å²) in [6.45, 7) is 2.00. The Labute approximate surface area is 74.0 Å². The molecule has 0 N–H and O–H groups in total. The van der Waals surface area contributed by atoms with Crippen LogP contribution in [-0.2, 0) is 6.42 Å². The average Bonchev–Trinajstić information content (AvgIpc) is 2.75. The molecule has 2 rings (SSSR count). The minimum absolute atomic E-state index is 0.619. The molecule has 0 unspecified atom stereocenters. The van der Waals surface area contributed by atoms with Crippen LogP contribution in [0.4, 0.5) is 0 Å². The van der Waals surface area contributed by atoms with Gasteiger partial charge >= 0.3 is 0 Å². The summed E-state index contributed by atoms with van der Waals surface area (Å²) < 4.78 is 5.05. The Morgan fingerprint density at radius 3 is 3.08 bits per heavy atom. The summed E-state index contributed by atoms with van der Waals surface area (Å²) in [6, 6.07) is 1.97. The van der Waals surface area contributed by atoms with E-state index in [1.807, 2.05) is 23.8 Å². The molecule has 0 bridgehead atoms. The normalized spacial score (nSPS) is 10.4. The molecule has 0 atom stereocenters. The Bertz CT molecular complexity index is 353. The molecule has 2 aromatic heterocycles. The van der Waals surface area contributed by atoms with Crippen molar-refractivity contribution in [2.75, 3.05) is 0 Å². The van der Waals surface area contributed by atoms with E-state index >= 15 is 0 Å². The summed E-state index contributed by atoms with van der Waals surface area (Å²) in [7, 11) is 0. The van der Waals surface area contributed by atoms with Crippen molar-refractivity contribution in [3.63, 3.8) is 0 Å². The second-order valence-corrected chi connectivity index (χ2v) is 3.16. The fourth-order valence-corrected chi connectivity index (χ4v) is 1.53. The summed E-state index contributed by atoms with van der Waals surface area (Å²) in [6.07, 6.45) is 0.813. The fraction of sp³-hybridized carbons (Fsp3) is 0.250. The predicted octanol–water partition coefficient (Wildman–Crippen LogP) is 2.36. The van der Waals surface area contributed by atoms with Gasteiger partial charge in [0.25, 0.3) is 5.89 Å². The van der Waals surface area contributed by atoms with E-state index in [9.17, 15) is 0 Å². The summed E-state index contributed by atoms with van der Waals surface area (Å²) in [5.41, 5.74) is 1.01. The van der Waals surface area contributed by atoms with Gasteiger partial charge in [-0.3, -0.25) is 0 Å². The van der Waals surface area contributed by atoms with Crippen LogP contribution < -0.4 is 0 Å². The van der Waals surface area contributed by atoms with Crippen molar-refractivity contribution >= 4 is 11.3 Å². The van der Waals surface area contributed by atoms with Crippen molar-refractivity contribution in [3.8, 4) is 11.5 Å². The molecular weight excluding hydrogens is 172 g/mol. The Morgan fingerprint density at radius 1 is 1.58 bits per heavy atom. The lowest BCUT2D eigenvalue weighted by molar-refractivity contribution is 0.423. The lowest BCUT2D eigenvalue weighted by Gasteiger charge is -1.82. The second kappa shape index (κ2) is 3.06. The van der Waals surface area contributed by atoms with Crippen molar-refractivity contribution in [1.29, 1.82) is 0 Å². The van der Waals surface area contributed by atoms with E-state index in [1.54, 1.807) is 11.3 Å². The lowest BCUT2D eigenvalue weighted by Crippen LogP contribution is -1.80. The van der Waals surface area contributed by atoms with Crippen LogP contribution in [0.2, 0.25) is 0 Å². The van der Waals surface area contributed by atoms with Gasteiger partial charge in [-0.2, -0.15) is 16.3 Å². The van der Waals surface area contributed by atoms with Gasteiger partial charge in [0.1, 0.15) is 0 Å². The average molecular weight is 180 g/mol. The first-order valence-electron chi connectivity index (χ1n) is 3.75. The van der Waals surface area contributed by atoms with Crippen LogP contribution in [0.1, 0.15) is 12.7 Å². The molecule has 0 spiro atoms. The highest BCUT2D eigenvalue weighted by Crippen LogP contribution is 2.19. The van der Waals surface area contributed by atoms with E-state index in [0.717, 1.165) is 17.8 Å². The highest BCUT2D eigenvalue weighted by Gasteiger charge is 2.06. The highest BCUT2D eigenvalue weighted by atomic mass is 32.1. The summed E-state index contributed by atoms with van der Waals surface area (Å²) in [5, 5.41) is 7.79. The van der Waals surface area contributed by atoms with E-state index in [1.165, 1.54) is 0 Å². The first-order chi connectivity index (χ1) is 5.90. The molecule has 0 aliphatic carbocycles. The summed E-state index contributed by atoms with van der Waals surface area (Å²) in [5.74, 6) is 1.38. The van der Waals surface area contributed by atoms with Gasteiger partial charge in [-0.25, -0.2) is 0 Å². The van der Waals surface area contributed by atoms with Crippen LogP contribution >= 0.6 is 11.3 Å². The molecule has 62 valence electrons. The molecule has 0 aliphatic heterocycles. The van der Waals surface area contributed by atoms with Gasteiger partial charge < -0.3 is 4.52 Å². The highest BCUT2D eigenvalue weighted by molar-refractivity contribution is 7.08. The number of hydrogen-bond acceptors (Lipinski definition) is 4. The molecule has 12 heavy (non-hydrogen) atoms. The van der Waals surface area contributed by atoms with Crippen molar-refractivity contribution in [2.45, 2.75) is 13.3 Å². The number of hydrogen-bond donors (Lipinski definition) is 0. The molecule has 0 saturated heterocycles. The van der Waals surface area contributed by atoms with E-state index in [0.29, 0.717) is 5.89 Å². The van der Waals surface area contributed by atoms with Gasteiger partial charge in [0.15, 0.2) is 5.82 Å². The number of rotatable bonds is 2. The van der Waals surface area contributed by atoms with Gasteiger partial charge in [-0.15, -0.1) is 0 Å². The van der Waals surface area contributed by atoms with Crippen molar-refractivity contribution in [2.24, 2.45) is 0 Å². The molecule has 0 radical (unpaired) electrons. The van der Waals surface area contributed by atoms with E-state index in [-0.39, 0.29) is 0 Å². The quantitative estimate of drug-likeness (QED) is 0.712. The smallest absolute Gasteiger partial charge is 0.258 e. The molecule has 0 saturated carbocycles. The fourth-order valence-electron chi connectivity index (χ4n) is 0.901. The molecule has 0 aromatic carbocycles. The topological polar surface area (TPSA) is 38.9 Å². The Hall–Kier alpha value is -1.16. The van der Waals surface area contributed by atoms with Crippen LogP contribution in [0.5, 0.6) is 0 Å². The van der Waals surface area contributed by atoms with Gasteiger partial charge in [-0.1, -0.05) is 12.1 Å². The number of aryl methyl sites for hydroxylation is 1. The maximum Gasteiger partial charge on any atom is 0.258 e. The molecule has 2 heterocycles. The van der Waals surface area contributed by atoms with E-state index in [2.05, 4.69) is 10.1 Å². The van der Waals surface area contributed by atoms with Gasteiger partial charge in [0.05, 0.1) is 5.56 Å². The minimum atomic E-state index is 0.619. The molecule has 0 amide bonds. The van der Waals surface area contributed by atoms with Crippen LogP contribution in [0.3, 0.4) is 0 Å². The summed E-state index contributed by atoms with van der Waals surface area (Å²) in [4.78, 5) is 4.20. The zero-order valence-corrected chi connectivity index (χ0v) is 7.47. The van der Waals surface area contributed by atoms with Crippen molar-refractivity contribution in [3.05, 3.63) is 22.7 Å². The second-order valence-electron chi connectivity index (χ2n) is 2.38. The maximum atomic E-state index is 5.05. The standard InChI is InChI=1S/C8H8N2OS/c1-2-7-9-8(11-10-7)6-3-4-12-5-6/h3-5H,2H2,1H3. The monoisotopic (exact) mass is 180 g/mol. The number of nitrogens with zero attached hydrogens (tertiary/aromatic N) is 2. The van der Waals surface area contributed by atoms with Gasteiger partial charge in [0.2, 0.25) is 0 Å². The van der Waals surface area contributed by atoms with Gasteiger partial charge in [0, 0.05) is 11.8 Å². The lowest BCUT2D eigenvalue weighted by atomic mass is 10.3. The predicted molar refractivity (Wildman–Crippen MR) is 47.0 cm³/mol.